The Morgan fingerprint density at radius 2 is 2.12 bits per heavy atom. The van der Waals surface area contributed by atoms with Gasteiger partial charge in [0.15, 0.2) is 5.78 Å². The molecule has 3 aromatic rings. The Labute approximate surface area is 141 Å². The second-order valence-corrected chi connectivity index (χ2v) is 5.93. The molecule has 0 fully saturated rings. The van der Waals surface area contributed by atoms with Crippen LogP contribution in [-0.2, 0) is 6.42 Å². The molecule has 8 heteroatoms. The molecule has 0 unspecified atom stereocenters. The molecule has 0 saturated carbocycles. The van der Waals surface area contributed by atoms with E-state index in [1.165, 1.54) is 36.5 Å². The predicted molar refractivity (Wildman–Crippen MR) is 90.0 cm³/mol. The van der Waals surface area contributed by atoms with Crippen molar-refractivity contribution in [2.45, 2.75) is 20.3 Å². The van der Waals surface area contributed by atoms with Crippen molar-refractivity contribution in [1.29, 1.82) is 0 Å². The number of fused-ring (bicyclic) bond motifs is 1. The highest BCUT2D eigenvalue weighted by Crippen LogP contribution is 2.35. The molecule has 0 radical (unpaired) electrons. The highest BCUT2D eigenvalue weighted by Gasteiger charge is 2.20. The average Bonchev–Trinajstić information content (AvgIpc) is 3.03. The van der Waals surface area contributed by atoms with Crippen molar-refractivity contribution in [2.75, 3.05) is 0 Å². The number of Topliss-reactive ketones (excluding diaryl/α,β-unsaturated/α-hetero) is 1. The summed E-state index contributed by atoms with van der Waals surface area (Å²) in [6.07, 6.45) is 0.621. The van der Waals surface area contributed by atoms with Crippen LogP contribution >= 0.6 is 11.3 Å². The van der Waals surface area contributed by atoms with E-state index < -0.39 is 4.92 Å². The number of carbonyl (C=O) groups excluding carboxylic acids is 1. The maximum absolute atomic E-state index is 11.4. The SMILES string of the molecule is CCc1nc(Oc2ccc(C(C)=O)cc2[N+](=O)[O-])c2ccsc2n1. The summed E-state index contributed by atoms with van der Waals surface area (Å²) in [6, 6.07) is 5.94. The number of nitro groups is 1. The number of hydrogen-bond acceptors (Lipinski definition) is 7. The lowest BCUT2D eigenvalue weighted by Crippen LogP contribution is -2.00. The number of nitrogens with zero attached hydrogens (tertiary/aromatic N) is 3. The highest BCUT2D eigenvalue weighted by atomic mass is 32.1. The van der Waals surface area contributed by atoms with Gasteiger partial charge in [-0.1, -0.05) is 6.92 Å². The van der Waals surface area contributed by atoms with Gasteiger partial charge in [0.05, 0.1) is 10.3 Å². The van der Waals surface area contributed by atoms with Gasteiger partial charge in [0.1, 0.15) is 10.7 Å². The zero-order chi connectivity index (χ0) is 17.3. The van der Waals surface area contributed by atoms with E-state index in [1.807, 2.05) is 18.4 Å². The number of ether oxygens (including phenoxy) is 1. The van der Waals surface area contributed by atoms with Crippen molar-refractivity contribution in [1.82, 2.24) is 9.97 Å². The van der Waals surface area contributed by atoms with Gasteiger partial charge in [0.2, 0.25) is 11.6 Å². The number of rotatable bonds is 5. The topological polar surface area (TPSA) is 95.2 Å². The van der Waals surface area contributed by atoms with Gasteiger partial charge in [-0.15, -0.1) is 11.3 Å². The Morgan fingerprint density at radius 3 is 2.79 bits per heavy atom. The number of benzene rings is 1. The minimum atomic E-state index is -0.575. The number of carbonyl (C=O) groups is 1. The Hall–Kier alpha value is -2.87. The first-order chi connectivity index (χ1) is 11.5. The van der Waals surface area contributed by atoms with Crippen molar-refractivity contribution in [3.05, 3.63) is 51.1 Å². The molecular formula is C16H13N3O4S. The highest BCUT2D eigenvalue weighted by molar-refractivity contribution is 7.16. The third-order valence-electron chi connectivity index (χ3n) is 3.42. The second-order valence-electron chi connectivity index (χ2n) is 5.04. The number of thiophene rings is 1. The van der Waals surface area contributed by atoms with Crippen molar-refractivity contribution in [3.8, 4) is 11.6 Å². The van der Waals surface area contributed by atoms with E-state index in [9.17, 15) is 14.9 Å². The molecule has 1 aromatic carbocycles. The fourth-order valence-electron chi connectivity index (χ4n) is 2.18. The summed E-state index contributed by atoms with van der Waals surface area (Å²) in [5.41, 5.74) is -0.0191. The zero-order valence-electron chi connectivity index (χ0n) is 13.0. The summed E-state index contributed by atoms with van der Waals surface area (Å²) in [4.78, 5) is 31.7. The first kappa shape index (κ1) is 16.0. The van der Waals surface area contributed by atoms with Crippen LogP contribution in [0.4, 0.5) is 5.69 Å². The van der Waals surface area contributed by atoms with Gasteiger partial charge in [-0.05, 0) is 30.5 Å². The molecule has 0 saturated heterocycles. The first-order valence-electron chi connectivity index (χ1n) is 7.21. The minimum Gasteiger partial charge on any atom is -0.431 e. The molecule has 0 aliphatic carbocycles. The van der Waals surface area contributed by atoms with Gasteiger partial charge in [-0.2, -0.15) is 4.98 Å². The summed E-state index contributed by atoms with van der Waals surface area (Å²) < 4.78 is 5.72. The van der Waals surface area contributed by atoms with E-state index in [-0.39, 0.29) is 28.7 Å². The summed E-state index contributed by atoms with van der Waals surface area (Å²) >= 11 is 1.45. The third kappa shape index (κ3) is 2.95. The average molecular weight is 343 g/mol. The van der Waals surface area contributed by atoms with Crippen LogP contribution in [-0.4, -0.2) is 20.7 Å². The molecule has 0 N–H and O–H groups in total. The predicted octanol–water partition coefficient (Wildman–Crippen LogP) is 4.16. The fourth-order valence-corrected chi connectivity index (χ4v) is 2.95. The quantitative estimate of drug-likeness (QED) is 0.392. The van der Waals surface area contributed by atoms with Crippen LogP contribution in [0.3, 0.4) is 0 Å². The maximum Gasteiger partial charge on any atom is 0.312 e. The van der Waals surface area contributed by atoms with Gasteiger partial charge in [0, 0.05) is 18.1 Å². The molecule has 24 heavy (non-hydrogen) atoms. The standard InChI is InChI=1S/C16H13N3O4S/c1-3-14-17-15(11-6-7-24-16(11)18-14)23-13-5-4-10(9(2)20)8-12(13)19(21)22/h4-8H,3H2,1-2H3. The fraction of sp³-hybridized carbons (Fsp3) is 0.188. The van der Waals surface area contributed by atoms with Gasteiger partial charge in [-0.25, -0.2) is 4.98 Å². The molecule has 0 aliphatic heterocycles. The Morgan fingerprint density at radius 1 is 1.33 bits per heavy atom. The molecule has 0 spiro atoms. The lowest BCUT2D eigenvalue weighted by Gasteiger charge is -2.08. The van der Waals surface area contributed by atoms with Crippen LogP contribution in [0.15, 0.2) is 29.6 Å². The van der Waals surface area contributed by atoms with Gasteiger partial charge in [0.25, 0.3) is 0 Å². The first-order valence-corrected chi connectivity index (χ1v) is 8.09. The van der Waals surface area contributed by atoms with Crippen LogP contribution in [0.25, 0.3) is 10.2 Å². The molecule has 0 atom stereocenters. The van der Waals surface area contributed by atoms with E-state index in [1.54, 1.807) is 0 Å². The molecule has 0 bridgehead atoms. The van der Waals surface area contributed by atoms with Gasteiger partial charge < -0.3 is 4.74 Å². The molecule has 0 amide bonds. The molecule has 3 rings (SSSR count). The number of aromatic nitrogens is 2. The zero-order valence-corrected chi connectivity index (χ0v) is 13.8. The van der Waals surface area contributed by atoms with Gasteiger partial charge in [-0.3, -0.25) is 14.9 Å². The van der Waals surface area contributed by atoms with Crippen molar-refractivity contribution >= 4 is 33.0 Å². The second kappa shape index (κ2) is 6.32. The van der Waals surface area contributed by atoms with Crippen LogP contribution < -0.4 is 4.74 Å². The van der Waals surface area contributed by atoms with Crippen LogP contribution in [0.5, 0.6) is 11.6 Å². The molecule has 0 aliphatic rings. The maximum atomic E-state index is 11.4. The molecule has 7 nitrogen and oxygen atoms in total. The van der Waals surface area contributed by atoms with Crippen LogP contribution in [0, 0.1) is 10.1 Å². The Kier molecular flexibility index (Phi) is 4.22. The number of nitro benzene ring substituents is 1. The summed E-state index contributed by atoms with van der Waals surface area (Å²) in [7, 11) is 0. The van der Waals surface area contributed by atoms with Crippen LogP contribution in [0.2, 0.25) is 0 Å². The van der Waals surface area contributed by atoms with E-state index in [4.69, 9.17) is 4.74 Å². The normalized spacial score (nSPS) is 10.8. The minimum absolute atomic E-state index is 0.0400. The number of ketones is 1. The van der Waals surface area contributed by atoms with E-state index in [0.29, 0.717) is 17.6 Å². The monoisotopic (exact) mass is 343 g/mol. The lowest BCUT2D eigenvalue weighted by molar-refractivity contribution is -0.385. The van der Waals surface area contributed by atoms with E-state index in [2.05, 4.69) is 9.97 Å². The summed E-state index contributed by atoms with van der Waals surface area (Å²) in [5.74, 6) is 0.665. The van der Waals surface area contributed by atoms with Crippen LogP contribution in [0.1, 0.15) is 30.0 Å². The Bertz CT molecular complexity index is 952. The largest absolute Gasteiger partial charge is 0.431 e. The molecule has 2 heterocycles. The lowest BCUT2D eigenvalue weighted by atomic mass is 10.1. The van der Waals surface area contributed by atoms with Crippen molar-refractivity contribution in [2.24, 2.45) is 0 Å². The number of hydrogen-bond donors (Lipinski definition) is 0. The molecule has 122 valence electrons. The smallest absolute Gasteiger partial charge is 0.312 e. The summed E-state index contributed by atoms with van der Waals surface area (Å²) in [6.45, 7) is 3.27. The van der Waals surface area contributed by atoms with E-state index in [0.717, 1.165) is 4.83 Å². The third-order valence-corrected chi connectivity index (χ3v) is 4.23. The van der Waals surface area contributed by atoms with Crippen molar-refractivity contribution < 1.29 is 14.5 Å². The molecular weight excluding hydrogens is 330 g/mol. The summed E-state index contributed by atoms with van der Waals surface area (Å²) in [5, 5.41) is 13.9. The number of aryl methyl sites for hydroxylation is 1. The molecule has 2 aromatic heterocycles. The van der Waals surface area contributed by atoms with Gasteiger partial charge >= 0.3 is 5.69 Å². The van der Waals surface area contributed by atoms with Crippen molar-refractivity contribution in [3.63, 3.8) is 0 Å². The Balaban J connectivity index is 2.10. The van der Waals surface area contributed by atoms with E-state index >= 15 is 0 Å².